The van der Waals surface area contributed by atoms with Crippen LogP contribution in [0, 0.1) is 12.8 Å². The number of nitrogens with one attached hydrogen (secondary N) is 1. The predicted octanol–water partition coefficient (Wildman–Crippen LogP) is 2.85. The first-order valence-corrected chi connectivity index (χ1v) is 9.48. The topological polar surface area (TPSA) is 63.2 Å². The van der Waals surface area contributed by atoms with Gasteiger partial charge in [-0.05, 0) is 44.7 Å². The van der Waals surface area contributed by atoms with E-state index in [4.69, 9.17) is 0 Å². The van der Waals surface area contributed by atoms with Crippen LogP contribution in [0.15, 0.2) is 29.2 Å². The molecular weight excluding hydrogens is 298 g/mol. The van der Waals surface area contributed by atoms with Crippen LogP contribution in [0.1, 0.15) is 45.1 Å². The van der Waals surface area contributed by atoms with Gasteiger partial charge in [-0.2, -0.15) is 0 Å². The summed E-state index contributed by atoms with van der Waals surface area (Å²) in [5.41, 5.74) is 0.993. The normalized spacial score (nSPS) is 23.8. The van der Waals surface area contributed by atoms with Crippen LogP contribution in [0.3, 0.4) is 0 Å². The lowest BCUT2D eigenvalue weighted by Crippen LogP contribution is -2.46. The number of hydrogen-bond acceptors (Lipinski definition) is 3. The molecular formula is C17H25NO3S. The number of carbonyl (C=O) groups is 1. The van der Waals surface area contributed by atoms with E-state index in [0.29, 0.717) is 5.92 Å². The van der Waals surface area contributed by atoms with Crippen LogP contribution in [0.2, 0.25) is 0 Å². The van der Waals surface area contributed by atoms with Gasteiger partial charge in [-0.25, -0.2) is 8.42 Å². The predicted molar refractivity (Wildman–Crippen MR) is 87.4 cm³/mol. The summed E-state index contributed by atoms with van der Waals surface area (Å²) in [6.07, 6.45) is 4.30. The quantitative estimate of drug-likeness (QED) is 0.926. The van der Waals surface area contributed by atoms with Gasteiger partial charge in [0.05, 0.1) is 4.90 Å². The van der Waals surface area contributed by atoms with Crippen molar-refractivity contribution in [3.63, 3.8) is 0 Å². The van der Waals surface area contributed by atoms with Crippen LogP contribution in [0.25, 0.3) is 0 Å². The van der Waals surface area contributed by atoms with Crippen molar-refractivity contribution in [3.8, 4) is 0 Å². The zero-order valence-corrected chi connectivity index (χ0v) is 14.3. The highest BCUT2D eigenvalue weighted by atomic mass is 32.2. The molecule has 1 fully saturated rings. The minimum absolute atomic E-state index is 0.0944. The van der Waals surface area contributed by atoms with E-state index in [1.807, 2.05) is 6.92 Å². The molecule has 1 aromatic carbocycles. The number of carbonyl (C=O) groups excluding carboxylic acids is 1. The average molecular weight is 323 g/mol. The molecule has 0 bridgehead atoms. The number of rotatable bonds is 4. The molecule has 0 spiro atoms. The molecule has 3 atom stereocenters. The summed E-state index contributed by atoms with van der Waals surface area (Å²) in [5.74, 6) is 0.0197. The van der Waals surface area contributed by atoms with Gasteiger partial charge in [0.25, 0.3) is 0 Å². The summed E-state index contributed by atoms with van der Waals surface area (Å²) in [6.45, 7) is 5.48. The van der Waals surface area contributed by atoms with Gasteiger partial charge >= 0.3 is 0 Å². The number of aryl methyl sites for hydroxylation is 1. The van der Waals surface area contributed by atoms with E-state index in [9.17, 15) is 13.2 Å². The van der Waals surface area contributed by atoms with E-state index in [2.05, 4.69) is 12.2 Å². The summed E-state index contributed by atoms with van der Waals surface area (Å²) < 4.78 is 25.1. The third kappa shape index (κ3) is 3.69. The maximum Gasteiger partial charge on any atom is 0.238 e. The molecule has 1 aliphatic rings. The van der Waals surface area contributed by atoms with E-state index >= 15 is 0 Å². The van der Waals surface area contributed by atoms with Crippen LogP contribution in [-0.2, 0) is 14.6 Å². The minimum atomic E-state index is -3.64. The van der Waals surface area contributed by atoms with Gasteiger partial charge < -0.3 is 5.32 Å². The summed E-state index contributed by atoms with van der Waals surface area (Å²) in [5, 5.41) is 1.87. The Bertz CT molecular complexity index is 622. The number of sulfone groups is 1. The molecule has 4 nitrogen and oxygen atoms in total. The fourth-order valence-corrected chi connectivity index (χ4v) is 4.18. The van der Waals surface area contributed by atoms with Crippen molar-refractivity contribution < 1.29 is 13.2 Å². The Hall–Kier alpha value is -1.36. The van der Waals surface area contributed by atoms with Crippen molar-refractivity contribution in [2.45, 2.75) is 62.6 Å². The molecule has 0 aromatic heterocycles. The van der Waals surface area contributed by atoms with E-state index in [1.165, 1.54) is 13.3 Å². The molecule has 1 aromatic rings. The van der Waals surface area contributed by atoms with Gasteiger partial charge in [0.2, 0.25) is 5.91 Å². The smallest absolute Gasteiger partial charge is 0.238 e. The molecule has 1 aliphatic carbocycles. The van der Waals surface area contributed by atoms with Crippen LogP contribution < -0.4 is 5.32 Å². The van der Waals surface area contributed by atoms with Crippen LogP contribution in [0.4, 0.5) is 0 Å². The van der Waals surface area contributed by atoms with Crippen molar-refractivity contribution in [2.75, 3.05) is 0 Å². The Morgan fingerprint density at radius 3 is 2.36 bits per heavy atom. The maximum absolute atomic E-state index is 12.5. The van der Waals surface area contributed by atoms with E-state index in [1.54, 1.807) is 24.3 Å². The van der Waals surface area contributed by atoms with Crippen LogP contribution in [0.5, 0.6) is 0 Å². The number of benzene rings is 1. The fourth-order valence-electron chi connectivity index (χ4n) is 2.90. The molecule has 1 N–H and O–H groups in total. The van der Waals surface area contributed by atoms with E-state index in [-0.39, 0.29) is 16.8 Å². The molecule has 122 valence electrons. The number of amides is 1. The van der Waals surface area contributed by atoms with Gasteiger partial charge in [0.1, 0.15) is 5.25 Å². The van der Waals surface area contributed by atoms with E-state index in [0.717, 1.165) is 24.8 Å². The SMILES string of the molecule is Cc1ccc(S(=O)(=O)C(C)C(=O)NC2CCCCC2C)cc1. The van der Waals surface area contributed by atoms with Gasteiger partial charge in [-0.1, -0.05) is 37.5 Å². The maximum atomic E-state index is 12.5. The molecule has 22 heavy (non-hydrogen) atoms. The van der Waals surface area contributed by atoms with Crippen molar-refractivity contribution in [2.24, 2.45) is 5.92 Å². The monoisotopic (exact) mass is 323 g/mol. The molecule has 0 aliphatic heterocycles. The lowest BCUT2D eigenvalue weighted by molar-refractivity contribution is -0.121. The second-order valence-electron chi connectivity index (χ2n) is 6.38. The first kappa shape index (κ1) is 17.0. The summed E-state index contributed by atoms with van der Waals surface area (Å²) in [4.78, 5) is 12.6. The highest BCUT2D eigenvalue weighted by Gasteiger charge is 2.32. The van der Waals surface area contributed by atoms with Crippen molar-refractivity contribution >= 4 is 15.7 Å². The molecule has 1 amide bonds. The van der Waals surface area contributed by atoms with Crippen LogP contribution >= 0.6 is 0 Å². The van der Waals surface area contributed by atoms with Crippen molar-refractivity contribution in [1.29, 1.82) is 0 Å². The Morgan fingerprint density at radius 1 is 1.18 bits per heavy atom. The third-order valence-corrected chi connectivity index (χ3v) is 6.70. The lowest BCUT2D eigenvalue weighted by Gasteiger charge is -2.30. The average Bonchev–Trinajstić information content (AvgIpc) is 2.49. The molecule has 1 saturated carbocycles. The summed E-state index contributed by atoms with van der Waals surface area (Å²) in [6, 6.07) is 6.73. The fraction of sp³-hybridized carbons (Fsp3) is 0.588. The Balaban J connectivity index is 2.10. The molecule has 0 heterocycles. The minimum Gasteiger partial charge on any atom is -0.352 e. The second-order valence-corrected chi connectivity index (χ2v) is 8.65. The molecule has 0 radical (unpaired) electrons. The molecule has 5 heteroatoms. The van der Waals surface area contributed by atoms with Gasteiger partial charge in [0.15, 0.2) is 9.84 Å². The zero-order valence-electron chi connectivity index (χ0n) is 13.5. The first-order chi connectivity index (χ1) is 10.3. The first-order valence-electron chi connectivity index (χ1n) is 7.93. The molecule has 0 saturated heterocycles. The lowest BCUT2D eigenvalue weighted by atomic mass is 9.86. The van der Waals surface area contributed by atoms with Crippen molar-refractivity contribution in [3.05, 3.63) is 29.8 Å². The summed E-state index contributed by atoms with van der Waals surface area (Å²) >= 11 is 0. The van der Waals surface area contributed by atoms with Crippen LogP contribution in [-0.4, -0.2) is 25.6 Å². The Kier molecular flexibility index (Phi) is 5.27. The molecule has 2 rings (SSSR count). The number of hydrogen-bond donors (Lipinski definition) is 1. The van der Waals surface area contributed by atoms with Gasteiger partial charge in [-0.15, -0.1) is 0 Å². The third-order valence-electron chi connectivity index (χ3n) is 4.62. The standard InChI is InChI=1S/C17H25NO3S/c1-12-8-10-15(11-9-12)22(20,21)14(3)17(19)18-16-7-5-4-6-13(16)2/h8-11,13-14,16H,4-7H2,1-3H3,(H,18,19). The van der Waals surface area contributed by atoms with Gasteiger partial charge in [0, 0.05) is 6.04 Å². The van der Waals surface area contributed by atoms with Gasteiger partial charge in [-0.3, -0.25) is 4.79 Å². The largest absolute Gasteiger partial charge is 0.352 e. The summed E-state index contributed by atoms with van der Waals surface area (Å²) in [7, 11) is -3.64. The highest BCUT2D eigenvalue weighted by Crippen LogP contribution is 2.24. The molecule has 3 unspecified atom stereocenters. The zero-order chi connectivity index (χ0) is 16.3. The Morgan fingerprint density at radius 2 is 1.77 bits per heavy atom. The van der Waals surface area contributed by atoms with E-state index < -0.39 is 15.1 Å². The highest BCUT2D eigenvalue weighted by molar-refractivity contribution is 7.92. The second kappa shape index (κ2) is 6.82. The Labute approximate surface area is 133 Å². The van der Waals surface area contributed by atoms with Crippen molar-refractivity contribution in [1.82, 2.24) is 5.32 Å².